The second-order valence-corrected chi connectivity index (χ2v) is 24.9. The van der Waals surface area contributed by atoms with E-state index in [-0.39, 0.29) is 94.3 Å². The molecular formula is C57H55ClF2N4O17S3. The van der Waals surface area contributed by atoms with Crippen molar-refractivity contribution in [3.05, 3.63) is 134 Å². The number of benzene rings is 4. The van der Waals surface area contributed by atoms with E-state index in [1.807, 2.05) is 0 Å². The number of anilines is 1. The van der Waals surface area contributed by atoms with E-state index in [0.29, 0.717) is 16.1 Å². The minimum absolute atomic E-state index is 0.0174. The highest BCUT2D eigenvalue weighted by Crippen LogP contribution is 2.53. The van der Waals surface area contributed by atoms with Gasteiger partial charge in [0.25, 0.3) is 0 Å². The number of rotatable bonds is 20. The Morgan fingerprint density at radius 2 is 1.64 bits per heavy atom. The first kappa shape index (κ1) is 61.4. The Balaban J connectivity index is 0.813. The summed E-state index contributed by atoms with van der Waals surface area (Å²) in [6.07, 6.45) is -5.71. The number of sulfonamides is 1. The van der Waals surface area contributed by atoms with E-state index in [9.17, 15) is 57.6 Å². The lowest BCUT2D eigenvalue weighted by Gasteiger charge is -2.42. The Kier molecular flexibility index (Phi) is 18.4. The van der Waals surface area contributed by atoms with Crippen LogP contribution in [0, 0.1) is 11.6 Å². The van der Waals surface area contributed by atoms with Gasteiger partial charge in [-0.3, -0.25) is 23.9 Å². The number of nitrogens with one attached hydrogen (secondary N) is 2. The number of ketones is 4. The smallest absolute Gasteiger partial charge is 0.419 e. The number of phenolic OH excluding ortho intramolecular Hbond substituents is 2. The molecule has 1 saturated heterocycles. The van der Waals surface area contributed by atoms with Crippen LogP contribution >= 0.6 is 33.2 Å². The number of methoxy groups -OCH3 is 1. The van der Waals surface area contributed by atoms with Gasteiger partial charge in [0, 0.05) is 82.2 Å². The zero-order valence-electron chi connectivity index (χ0n) is 45.2. The Bertz CT molecular complexity index is 3760. The third kappa shape index (κ3) is 12.2. The highest BCUT2D eigenvalue weighted by atomic mass is 35.5. The fourth-order valence-electron chi connectivity index (χ4n) is 10.4. The minimum Gasteiger partial charge on any atom is -0.507 e. The maximum atomic E-state index is 15.9. The van der Waals surface area contributed by atoms with Gasteiger partial charge in [-0.15, -0.1) is 0 Å². The maximum absolute atomic E-state index is 15.9. The average molecular weight is 1240 g/mol. The van der Waals surface area contributed by atoms with E-state index in [0.717, 1.165) is 22.9 Å². The summed E-state index contributed by atoms with van der Waals surface area (Å²) in [5.74, 6) is -7.57. The number of aromatic nitrogens is 2. The van der Waals surface area contributed by atoms with E-state index in [2.05, 4.69) is 15.0 Å². The molecule has 27 heteroatoms. The highest BCUT2D eigenvalue weighted by Gasteiger charge is 2.50. The normalized spacial score (nSPS) is 20.1. The number of nitrogens with zero attached hydrogens (tertiary/aromatic N) is 2. The summed E-state index contributed by atoms with van der Waals surface area (Å²) in [6, 6.07) is 12.9. The van der Waals surface area contributed by atoms with Crippen LogP contribution in [-0.2, 0) is 40.2 Å². The molecule has 1 amide bonds. The van der Waals surface area contributed by atoms with Gasteiger partial charge in [-0.25, -0.2) is 36.3 Å². The van der Waals surface area contributed by atoms with Crippen molar-refractivity contribution in [3.8, 4) is 28.4 Å². The van der Waals surface area contributed by atoms with Gasteiger partial charge < -0.3 is 49.4 Å². The van der Waals surface area contributed by atoms with Crippen molar-refractivity contribution < 1.29 is 90.1 Å². The van der Waals surface area contributed by atoms with Gasteiger partial charge in [0.05, 0.1) is 64.6 Å². The number of halogens is 3. The van der Waals surface area contributed by atoms with Crippen molar-refractivity contribution in [2.75, 3.05) is 42.3 Å². The second-order valence-electron chi connectivity index (χ2n) is 19.9. The monoisotopic (exact) mass is 1240 g/mol. The number of carbonyl (C=O) groups excluding carboxylic acids is 6. The van der Waals surface area contributed by atoms with Crippen molar-refractivity contribution >= 4 is 95.3 Å². The summed E-state index contributed by atoms with van der Waals surface area (Å²) in [5.41, 5.74) is -4.93. The molecule has 0 saturated carbocycles. The number of fused-ring (bicyclic) bond motifs is 4. The van der Waals surface area contributed by atoms with Crippen LogP contribution in [0.3, 0.4) is 0 Å². The van der Waals surface area contributed by atoms with E-state index in [1.165, 1.54) is 73.0 Å². The van der Waals surface area contributed by atoms with Gasteiger partial charge in [-0.2, -0.15) is 0 Å². The number of ether oxygens (including phenoxy) is 5. The first-order valence-corrected chi connectivity index (χ1v) is 30.8. The molecule has 0 bridgehead atoms. The maximum Gasteiger partial charge on any atom is 0.419 e. The molecule has 4 unspecified atom stereocenters. The third-order valence-electron chi connectivity index (χ3n) is 14.4. The van der Waals surface area contributed by atoms with Crippen LogP contribution in [0.2, 0.25) is 5.02 Å². The number of Topliss-reactive ketones (excluding diaryl/α,β-unsaturated/α-hetero) is 1. The molecule has 2 aromatic heterocycles. The zero-order chi connectivity index (χ0) is 60.5. The average Bonchev–Trinajstić information content (AvgIpc) is 0.869. The van der Waals surface area contributed by atoms with Gasteiger partial charge >= 0.3 is 12.2 Å². The van der Waals surface area contributed by atoms with Crippen molar-refractivity contribution in [1.29, 1.82) is 0 Å². The molecule has 6 aromatic rings. The van der Waals surface area contributed by atoms with Crippen LogP contribution < -0.4 is 14.8 Å². The number of amides is 1. The molecule has 3 aliphatic rings. The van der Waals surface area contributed by atoms with Gasteiger partial charge in [0.15, 0.2) is 23.7 Å². The van der Waals surface area contributed by atoms with Crippen molar-refractivity contribution in [2.24, 2.45) is 0 Å². The number of aromatic hydroxyl groups is 2. The second kappa shape index (κ2) is 25.2. The molecule has 4 aromatic carbocycles. The van der Waals surface area contributed by atoms with Crippen molar-refractivity contribution in [3.63, 3.8) is 0 Å². The number of aliphatic hydroxyl groups excluding tert-OH is 1. The van der Waals surface area contributed by atoms with Crippen LogP contribution in [-0.4, -0.2) is 141 Å². The van der Waals surface area contributed by atoms with Gasteiger partial charge in [-0.05, 0) is 55.3 Å². The summed E-state index contributed by atoms with van der Waals surface area (Å²) in [5, 5.41) is 49.6. The van der Waals surface area contributed by atoms with Gasteiger partial charge in [-0.1, -0.05) is 71.3 Å². The first-order chi connectivity index (χ1) is 40.0. The molecule has 9 rings (SSSR count). The fourth-order valence-corrected chi connectivity index (χ4v) is 13.4. The zero-order valence-corrected chi connectivity index (χ0v) is 48.4. The van der Waals surface area contributed by atoms with Gasteiger partial charge in [0.2, 0.25) is 21.6 Å². The molecule has 6 atom stereocenters. The molecule has 0 radical (unpaired) electrons. The Morgan fingerprint density at radius 1 is 0.940 bits per heavy atom. The predicted molar refractivity (Wildman–Crippen MR) is 305 cm³/mol. The molecule has 21 nitrogen and oxygen atoms in total. The van der Waals surface area contributed by atoms with Crippen molar-refractivity contribution in [1.82, 2.24) is 14.9 Å². The summed E-state index contributed by atoms with van der Waals surface area (Å²) < 4.78 is 87.8. The van der Waals surface area contributed by atoms with Crippen molar-refractivity contribution in [2.45, 2.75) is 89.1 Å². The number of aliphatic hydroxyl groups is 2. The number of pyridine rings is 1. The largest absolute Gasteiger partial charge is 0.507 e. The fraction of sp³-hybridized carbons (Fsp3) is 0.351. The number of carbonyl (C=O) groups is 6. The molecule has 1 aliphatic heterocycles. The topological polar surface area (TPSA) is 306 Å². The number of phenols is 2. The summed E-state index contributed by atoms with van der Waals surface area (Å²) in [7, 11) is -0.255. The van der Waals surface area contributed by atoms with E-state index in [1.54, 1.807) is 31.2 Å². The number of hydrogen-bond acceptors (Lipinski definition) is 20. The van der Waals surface area contributed by atoms with E-state index in [4.69, 9.17) is 35.3 Å². The molecule has 1 fully saturated rings. The highest BCUT2D eigenvalue weighted by molar-refractivity contribution is 8.76. The molecule has 444 valence electrons. The van der Waals surface area contributed by atoms with E-state index < -0.39 is 140 Å². The summed E-state index contributed by atoms with van der Waals surface area (Å²) in [6.45, 7) is 4.30. The molecule has 0 spiro atoms. The molecule has 3 heterocycles. The summed E-state index contributed by atoms with van der Waals surface area (Å²) in [4.78, 5) is 86.5. The molecular weight excluding hydrogens is 1180 g/mol. The Morgan fingerprint density at radius 3 is 2.33 bits per heavy atom. The molecule has 84 heavy (non-hydrogen) atoms. The van der Waals surface area contributed by atoms with Crippen LogP contribution in [0.1, 0.15) is 111 Å². The lowest BCUT2D eigenvalue weighted by atomic mass is 9.71. The SMILES string of the molecule is CCCS(=O)(=O)Nc1ccc(F)c(C(=O)c2cn(C(=O)OCCSSCCOC(=O)NC3CC(O[C@H]4C[C@](O)(C(=O)CC)Cc5c(O)c6c(c(O)c54)C(=O)c4c(OC)cccc4C6=O)OC(C)C3O)c3ncc(-c4ccc(Cl)cc4)cc23)c1F. The Labute approximate surface area is 491 Å². The first-order valence-electron chi connectivity index (χ1n) is 26.3. The number of alkyl carbamates (subject to hydrolysis) is 1. The number of hydrogen-bond donors (Lipinski definition) is 6. The van der Waals surface area contributed by atoms with Crippen LogP contribution in [0.4, 0.5) is 24.1 Å². The Hall–Kier alpha value is -7.17. The molecule has 2 aliphatic carbocycles. The quantitative estimate of drug-likeness (QED) is 0.0180. The third-order valence-corrected chi connectivity index (χ3v) is 18.5. The van der Waals surface area contributed by atoms with E-state index >= 15 is 8.78 Å². The van der Waals surface area contributed by atoms with Crippen LogP contribution in [0.15, 0.2) is 73.1 Å². The molecule has 6 N–H and O–H groups in total. The van der Waals surface area contributed by atoms with Crippen LogP contribution in [0.5, 0.6) is 17.2 Å². The standard InChI is InChI=1S/C57H55ClF2N4O17S3/c1-5-20-84(75,76)63-36-15-14-35(59)44(47(36)60)51(69)34-26-64(54-32(34)21-29(25-61-54)28-10-12-30(58)13-11-28)56(73)79-17-19-83-82-18-16-78-55(72)62-37-22-41(80-27(3)48(37)66)81-39-24-57(74,40(65)6-2)23-33-43(39)53(71)46-45(50(33)68)49(67)31-8-7-9-38(77-4)42(31)52(46)70/h7-15,21,25-27,37,39,41,48,63,66,68,71,74H,5-6,16-20,22-24H2,1-4H3,(H,62,72)/t27?,37?,39-,41?,48?,57-/m0/s1. The van der Waals surface area contributed by atoms with Gasteiger partial charge in [0.1, 0.15) is 53.6 Å². The van der Waals surface area contributed by atoms with Crippen LogP contribution in [0.25, 0.3) is 22.2 Å². The summed E-state index contributed by atoms with van der Waals surface area (Å²) >= 11 is 6.08. The lowest BCUT2D eigenvalue weighted by Crippen LogP contribution is -2.56. The predicted octanol–water partition coefficient (Wildman–Crippen LogP) is 8.58. The minimum atomic E-state index is -4.05. The lowest BCUT2D eigenvalue weighted by molar-refractivity contribution is -0.249.